The Morgan fingerprint density at radius 1 is 0.367 bits per heavy atom. The number of carbonyl (C=O) groups excluding carboxylic acids is 2. The monoisotopic (exact) mass is 430 g/mol. The third kappa shape index (κ3) is 23.1. The first-order chi connectivity index (χ1) is 14.7. The highest BCUT2D eigenvalue weighted by Gasteiger charge is 2.01. The van der Waals surface area contributed by atoms with Crippen molar-refractivity contribution in [3.63, 3.8) is 0 Å². The molecule has 6 heteroatoms. The van der Waals surface area contributed by atoms with E-state index in [0.717, 1.165) is 25.7 Å². The van der Waals surface area contributed by atoms with E-state index in [9.17, 15) is 9.59 Å². The molecule has 0 aliphatic carbocycles. The number of unbranched alkanes of at least 4 members (excludes halogenated alkanes) is 19. The highest BCUT2D eigenvalue weighted by Crippen LogP contribution is 2.15. The number of carbonyl (C=O) groups is 2. The van der Waals surface area contributed by atoms with Crippen LogP contribution in [0, 0.1) is 0 Å². The van der Waals surface area contributed by atoms with Gasteiger partial charge in [0.15, 0.2) is 0 Å². The van der Waals surface area contributed by atoms with Crippen LogP contribution in [0.4, 0.5) is 0 Å². The molecular weight excluding hydrogens is 384 g/mol. The van der Waals surface area contributed by atoms with Crippen molar-refractivity contribution >= 4 is 11.9 Å². The average Bonchev–Trinajstić information content (AvgIpc) is 2.76. The van der Waals surface area contributed by atoms with Crippen LogP contribution in [-0.4, -0.2) is 22.5 Å². The highest BCUT2D eigenvalue weighted by molar-refractivity contribution is 5.68. The van der Waals surface area contributed by atoms with E-state index < -0.39 is 11.9 Å². The van der Waals surface area contributed by atoms with Gasteiger partial charge in [0.1, 0.15) is 0 Å². The van der Waals surface area contributed by atoms with Crippen LogP contribution < -0.4 is 0 Å². The van der Waals surface area contributed by atoms with Crippen molar-refractivity contribution < 1.29 is 29.9 Å². The molecule has 0 atom stereocenters. The number of hydrogen-bond acceptors (Lipinski definition) is 6. The first-order valence-electron chi connectivity index (χ1n) is 12.4. The first kappa shape index (κ1) is 28.9. The highest BCUT2D eigenvalue weighted by atomic mass is 17.1. The third-order valence-corrected chi connectivity index (χ3v) is 5.72. The SMILES string of the molecule is O=C(CCCCCCCCCCCCCCCCCCCCCCC(=O)OO)OO. The van der Waals surface area contributed by atoms with Crippen molar-refractivity contribution in [2.45, 2.75) is 141 Å². The van der Waals surface area contributed by atoms with Crippen molar-refractivity contribution in [1.29, 1.82) is 0 Å². The predicted molar refractivity (Wildman–Crippen MR) is 119 cm³/mol. The van der Waals surface area contributed by atoms with Crippen molar-refractivity contribution in [3.05, 3.63) is 0 Å². The molecule has 0 spiro atoms. The zero-order valence-corrected chi connectivity index (χ0v) is 19.1. The Labute approximate surface area is 183 Å². The van der Waals surface area contributed by atoms with E-state index in [1.807, 2.05) is 0 Å². The molecule has 0 saturated carbocycles. The summed E-state index contributed by atoms with van der Waals surface area (Å²) in [5.41, 5.74) is 0. The van der Waals surface area contributed by atoms with Crippen LogP contribution in [0.3, 0.4) is 0 Å². The van der Waals surface area contributed by atoms with Gasteiger partial charge in [0.25, 0.3) is 0 Å². The Bertz CT molecular complexity index is 350. The fourth-order valence-electron chi connectivity index (χ4n) is 3.81. The van der Waals surface area contributed by atoms with Crippen LogP contribution in [-0.2, 0) is 19.4 Å². The maximum Gasteiger partial charge on any atom is 0.342 e. The molecule has 2 N–H and O–H groups in total. The van der Waals surface area contributed by atoms with Gasteiger partial charge >= 0.3 is 11.9 Å². The molecule has 0 aromatic rings. The van der Waals surface area contributed by atoms with Crippen molar-refractivity contribution in [2.24, 2.45) is 0 Å². The Kier molecular flexibility index (Phi) is 23.2. The van der Waals surface area contributed by atoms with Crippen LogP contribution in [0.1, 0.15) is 141 Å². The van der Waals surface area contributed by atoms with E-state index in [1.165, 1.54) is 103 Å². The minimum atomic E-state index is -0.524. The molecule has 30 heavy (non-hydrogen) atoms. The molecule has 0 aliphatic rings. The molecule has 0 bridgehead atoms. The summed E-state index contributed by atoms with van der Waals surface area (Å²) in [4.78, 5) is 28.8. The lowest BCUT2D eigenvalue weighted by molar-refractivity contribution is -0.234. The van der Waals surface area contributed by atoms with E-state index in [0.29, 0.717) is 12.8 Å². The summed E-state index contributed by atoms with van der Waals surface area (Å²) in [6.45, 7) is 0. The van der Waals surface area contributed by atoms with Gasteiger partial charge in [-0.2, -0.15) is 10.5 Å². The normalized spacial score (nSPS) is 10.9. The fraction of sp³-hybridized carbons (Fsp3) is 0.917. The van der Waals surface area contributed by atoms with Crippen LogP contribution in [0.15, 0.2) is 0 Å². The number of rotatable bonds is 23. The van der Waals surface area contributed by atoms with Crippen molar-refractivity contribution in [1.82, 2.24) is 0 Å². The van der Waals surface area contributed by atoms with Crippen LogP contribution in [0.25, 0.3) is 0 Å². The van der Waals surface area contributed by atoms with E-state index in [-0.39, 0.29) is 0 Å². The smallest absolute Gasteiger partial charge is 0.301 e. The van der Waals surface area contributed by atoms with Gasteiger partial charge in [0.05, 0.1) is 0 Å². The van der Waals surface area contributed by atoms with Crippen LogP contribution >= 0.6 is 0 Å². The quantitative estimate of drug-likeness (QED) is 0.0984. The van der Waals surface area contributed by atoms with E-state index in [2.05, 4.69) is 9.78 Å². The van der Waals surface area contributed by atoms with E-state index in [4.69, 9.17) is 10.5 Å². The summed E-state index contributed by atoms with van der Waals surface area (Å²) in [5.74, 6) is -1.05. The lowest BCUT2D eigenvalue weighted by Crippen LogP contribution is -1.99. The minimum absolute atomic E-state index is 0.323. The second-order valence-electron chi connectivity index (χ2n) is 8.50. The van der Waals surface area contributed by atoms with Crippen LogP contribution in [0.5, 0.6) is 0 Å². The Hall–Kier alpha value is -1.14. The summed E-state index contributed by atoms with van der Waals surface area (Å²) in [7, 11) is 0. The Balaban J connectivity index is 3.05. The molecule has 178 valence electrons. The van der Waals surface area contributed by atoms with Gasteiger partial charge in [-0.3, -0.25) is 0 Å². The van der Waals surface area contributed by atoms with E-state index in [1.54, 1.807) is 0 Å². The third-order valence-electron chi connectivity index (χ3n) is 5.72. The summed E-state index contributed by atoms with van der Waals surface area (Å²) in [6, 6.07) is 0. The molecule has 0 saturated heterocycles. The maximum absolute atomic E-state index is 10.7. The van der Waals surface area contributed by atoms with Gasteiger partial charge in [-0.05, 0) is 12.8 Å². The summed E-state index contributed by atoms with van der Waals surface area (Å²) < 4.78 is 0. The maximum atomic E-state index is 10.7. The molecule has 0 amide bonds. The molecule has 0 aromatic heterocycles. The Morgan fingerprint density at radius 2 is 0.533 bits per heavy atom. The van der Waals surface area contributed by atoms with E-state index >= 15 is 0 Å². The molecule has 6 nitrogen and oxygen atoms in total. The fourth-order valence-corrected chi connectivity index (χ4v) is 3.81. The minimum Gasteiger partial charge on any atom is -0.301 e. The van der Waals surface area contributed by atoms with Gasteiger partial charge in [-0.1, -0.05) is 116 Å². The van der Waals surface area contributed by atoms with Crippen molar-refractivity contribution in [3.8, 4) is 0 Å². The first-order valence-corrected chi connectivity index (χ1v) is 12.4. The molecule has 0 unspecified atom stereocenters. The molecule has 0 heterocycles. The second-order valence-corrected chi connectivity index (χ2v) is 8.50. The zero-order valence-electron chi connectivity index (χ0n) is 19.1. The van der Waals surface area contributed by atoms with Gasteiger partial charge in [-0.15, -0.1) is 0 Å². The molecule has 0 fully saturated rings. The lowest BCUT2D eigenvalue weighted by atomic mass is 10.0. The zero-order chi connectivity index (χ0) is 22.1. The number of hydrogen-bond donors (Lipinski definition) is 2. The van der Waals surface area contributed by atoms with Gasteiger partial charge in [0, 0.05) is 12.8 Å². The molecule has 0 rings (SSSR count). The van der Waals surface area contributed by atoms with Crippen LogP contribution in [0.2, 0.25) is 0 Å². The lowest BCUT2D eigenvalue weighted by Gasteiger charge is -2.04. The second kappa shape index (κ2) is 24.1. The molecular formula is C24H46O6. The molecule has 0 aliphatic heterocycles. The standard InChI is InChI=1S/C24H46O6/c25-23(29-27)21-19-17-15-13-11-9-7-5-3-1-2-4-6-8-10-12-14-16-18-20-22-24(26)30-28/h27-28H,1-22H2. The summed E-state index contributed by atoms with van der Waals surface area (Å²) in [5, 5.41) is 16.3. The largest absolute Gasteiger partial charge is 0.342 e. The Morgan fingerprint density at radius 3 is 0.700 bits per heavy atom. The van der Waals surface area contributed by atoms with Crippen molar-refractivity contribution in [2.75, 3.05) is 0 Å². The average molecular weight is 431 g/mol. The molecule has 0 radical (unpaired) electrons. The van der Waals surface area contributed by atoms with Gasteiger partial charge < -0.3 is 9.78 Å². The summed E-state index contributed by atoms with van der Waals surface area (Å²) >= 11 is 0. The topological polar surface area (TPSA) is 93.1 Å². The van der Waals surface area contributed by atoms with Gasteiger partial charge in [-0.25, -0.2) is 9.59 Å². The predicted octanol–water partition coefficient (Wildman–Crippen LogP) is 7.60. The van der Waals surface area contributed by atoms with Gasteiger partial charge in [0.2, 0.25) is 0 Å². The summed E-state index contributed by atoms with van der Waals surface area (Å²) in [6.07, 6.45) is 25.3. The molecule has 0 aromatic carbocycles.